The van der Waals surface area contributed by atoms with Crippen LogP contribution in [0.25, 0.3) is 10.9 Å². The molecule has 0 aliphatic heterocycles. The Balaban J connectivity index is 1.78. The number of rotatable bonds is 6. The van der Waals surface area contributed by atoms with Crippen molar-refractivity contribution in [3.05, 3.63) is 53.5 Å². The van der Waals surface area contributed by atoms with Crippen molar-refractivity contribution in [1.29, 1.82) is 0 Å². The van der Waals surface area contributed by atoms with Crippen molar-refractivity contribution in [2.75, 3.05) is 7.05 Å². The number of amides is 2. The first-order valence-electron chi connectivity index (χ1n) is 8.43. The van der Waals surface area contributed by atoms with Crippen LogP contribution in [0.2, 0.25) is 0 Å². The van der Waals surface area contributed by atoms with Crippen LogP contribution in [-0.2, 0) is 22.6 Å². The first-order valence-corrected chi connectivity index (χ1v) is 8.43. The molecule has 2 aromatic heterocycles. The average molecular weight is 354 g/mol. The van der Waals surface area contributed by atoms with E-state index in [0.717, 1.165) is 16.5 Å². The van der Waals surface area contributed by atoms with Gasteiger partial charge in [0, 0.05) is 43.6 Å². The van der Waals surface area contributed by atoms with Crippen molar-refractivity contribution in [2.24, 2.45) is 0 Å². The molecule has 0 saturated heterocycles. The Morgan fingerprint density at radius 3 is 2.81 bits per heavy atom. The van der Waals surface area contributed by atoms with Crippen LogP contribution < -0.4 is 5.32 Å². The summed E-state index contributed by atoms with van der Waals surface area (Å²) in [5.74, 6) is 0.276. The molecule has 0 radical (unpaired) electrons. The van der Waals surface area contributed by atoms with E-state index in [-0.39, 0.29) is 11.8 Å². The van der Waals surface area contributed by atoms with E-state index in [1.807, 2.05) is 30.5 Å². The second-order valence-electron chi connectivity index (χ2n) is 6.44. The minimum absolute atomic E-state index is 0.175. The number of H-pyrrole nitrogens is 1. The fourth-order valence-electron chi connectivity index (χ4n) is 3.05. The SMILES string of the molecule is CC(=O)NC(Cc1c[nH]c2ccccc12)C(=O)N(C)Cc1cc(C)on1. The van der Waals surface area contributed by atoms with Gasteiger partial charge >= 0.3 is 0 Å². The maximum absolute atomic E-state index is 12.9. The zero-order valence-electron chi connectivity index (χ0n) is 15.1. The molecule has 0 bridgehead atoms. The predicted octanol–water partition coefficient (Wildman–Crippen LogP) is 2.17. The molecule has 1 unspecified atom stereocenters. The van der Waals surface area contributed by atoms with Gasteiger partial charge in [0.25, 0.3) is 0 Å². The quantitative estimate of drug-likeness (QED) is 0.710. The Morgan fingerprint density at radius 2 is 2.12 bits per heavy atom. The minimum atomic E-state index is -0.648. The van der Waals surface area contributed by atoms with Gasteiger partial charge in [-0.05, 0) is 18.6 Å². The van der Waals surface area contributed by atoms with Gasteiger partial charge in [0.2, 0.25) is 11.8 Å². The highest BCUT2D eigenvalue weighted by atomic mass is 16.5. The third kappa shape index (κ3) is 3.93. The molecule has 0 spiro atoms. The fraction of sp³-hybridized carbons (Fsp3) is 0.316. The first-order chi connectivity index (χ1) is 12.4. The third-order valence-electron chi connectivity index (χ3n) is 4.23. The van der Waals surface area contributed by atoms with Crippen LogP contribution in [0.5, 0.6) is 0 Å². The van der Waals surface area contributed by atoms with Gasteiger partial charge in [0.05, 0.1) is 6.54 Å². The van der Waals surface area contributed by atoms with Gasteiger partial charge in [-0.1, -0.05) is 23.4 Å². The van der Waals surface area contributed by atoms with E-state index in [0.29, 0.717) is 24.4 Å². The molecule has 2 heterocycles. The van der Waals surface area contributed by atoms with Crippen molar-refractivity contribution in [2.45, 2.75) is 32.9 Å². The van der Waals surface area contributed by atoms with Gasteiger partial charge in [-0.3, -0.25) is 9.59 Å². The number of nitrogens with zero attached hydrogens (tertiary/aromatic N) is 2. The van der Waals surface area contributed by atoms with E-state index < -0.39 is 6.04 Å². The number of aryl methyl sites for hydroxylation is 1. The lowest BCUT2D eigenvalue weighted by Gasteiger charge is -2.23. The van der Waals surface area contributed by atoms with Crippen molar-refractivity contribution in [3.8, 4) is 0 Å². The fourth-order valence-corrected chi connectivity index (χ4v) is 3.05. The average Bonchev–Trinajstić information content (AvgIpc) is 3.19. The molecule has 3 rings (SSSR count). The molecule has 136 valence electrons. The predicted molar refractivity (Wildman–Crippen MR) is 97.3 cm³/mol. The van der Waals surface area contributed by atoms with Gasteiger partial charge in [0.1, 0.15) is 17.5 Å². The molecule has 26 heavy (non-hydrogen) atoms. The molecule has 7 heteroatoms. The lowest BCUT2D eigenvalue weighted by atomic mass is 10.0. The highest BCUT2D eigenvalue weighted by Crippen LogP contribution is 2.19. The molecule has 2 N–H and O–H groups in total. The zero-order chi connectivity index (χ0) is 18.7. The Kier molecular flexibility index (Phi) is 5.06. The highest BCUT2D eigenvalue weighted by molar-refractivity contribution is 5.89. The van der Waals surface area contributed by atoms with E-state index in [4.69, 9.17) is 4.52 Å². The number of benzene rings is 1. The summed E-state index contributed by atoms with van der Waals surface area (Å²) in [6.07, 6.45) is 2.29. The zero-order valence-corrected chi connectivity index (χ0v) is 15.1. The van der Waals surface area contributed by atoms with E-state index in [2.05, 4.69) is 15.5 Å². The van der Waals surface area contributed by atoms with Gasteiger partial charge in [0.15, 0.2) is 0 Å². The molecule has 7 nitrogen and oxygen atoms in total. The van der Waals surface area contributed by atoms with Gasteiger partial charge in [-0.2, -0.15) is 0 Å². The van der Waals surface area contributed by atoms with Crippen LogP contribution in [0.3, 0.4) is 0 Å². The lowest BCUT2D eigenvalue weighted by molar-refractivity contribution is -0.135. The number of hydrogen-bond donors (Lipinski definition) is 2. The first kappa shape index (κ1) is 17.7. The van der Waals surface area contributed by atoms with E-state index >= 15 is 0 Å². The molecule has 0 aliphatic rings. The molecule has 3 aromatic rings. The summed E-state index contributed by atoms with van der Waals surface area (Å²) in [6.45, 7) is 3.53. The molecule has 2 amide bonds. The maximum Gasteiger partial charge on any atom is 0.245 e. The second-order valence-corrected chi connectivity index (χ2v) is 6.44. The van der Waals surface area contributed by atoms with Gasteiger partial charge in [-0.15, -0.1) is 0 Å². The van der Waals surface area contributed by atoms with Gasteiger partial charge < -0.3 is 19.7 Å². The van der Waals surface area contributed by atoms with Crippen LogP contribution in [0.15, 0.2) is 41.1 Å². The number of carbonyl (C=O) groups excluding carboxylic acids is 2. The standard InChI is InChI=1S/C19H22N4O3/c1-12-8-15(22-26-12)11-23(3)19(25)18(21-13(2)24)9-14-10-20-17-7-5-4-6-16(14)17/h4-8,10,18,20H,9,11H2,1-3H3,(H,21,24). The van der Waals surface area contributed by atoms with Crippen LogP contribution in [0, 0.1) is 6.92 Å². The number of likely N-dealkylation sites (N-methyl/N-ethyl adjacent to an activating group) is 1. The normalized spacial score (nSPS) is 12.1. The Morgan fingerprint density at radius 1 is 1.35 bits per heavy atom. The van der Waals surface area contributed by atoms with E-state index in [9.17, 15) is 9.59 Å². The van der Waals surface area contributed by atoms with E-state index in [1.54, 1.807) is 24.9 Å². The largest absolute Gasteiger partial charge is 0.361 e. The number of fused-ring (bicyclic) bond motifs is 1. The number of para-hydroxylation sites is 1. The summed E-state index contributed by atoms with van der Waals surface area (Å²) >= 11 is 0. The van der Waals surface area contributed by atoms with Crippen LogP contribution in [0.1, 0.15) is 23.9 Å². The monoisotopic (exact) mass is 354 g/mol. The van der Waals surface area contributed by atoms with Crippen molar-refractivity contribution in [3.63, 3.8) is 0 Å². The Labute approximate surface area is 151 Å². The topological polar surface area (TPSA) is 91.2 Å². The molecule has 1 aromatic carbocycles. The summed E-state index contributed by atoms with van der Waals surface area (Å²) in [5.41, 5.74) is 2.66. The van der Waals surface area contributed by atoms with Crippen LogP contribution in [0.4, 0.5) is 0 Å². The molecular formula is C19H22N4O3. The van der Waals surface area contributed by atoms with Crippen molar-refractivity contribution < 1.29 is 14.1 Å². The Hall–Kier alpha value is -3.09. The lowest BCUT2D eigenvalue weighted by Crippen LogP contribution is -2.47. The number of hydrogen-bond acceptors (Lipinski definition) is 4. The molecule has 0 fully saturated rings. The van der Waals surface area contributed by atoms with Crippen molar-refractivity contribution >= 4 is 22.7 Å². The molecule has 0 saturated carbocycles. The number of nitrogens with one attached hydrogen (secondary N) is 2. The van der Waals surface area contributed by atoms with Crippen molar-refractivity contribution in [1.82, 2.24) is 20.4 Å². The number of aromatic nitrogens is 2. The third-order valence-corrected chi connectivity index (χ3v) is 4.23. The molecule has 0 aliphatic carbocycles. The highest BCUT2D eigenvalue weighted by Gasteiger charge is 2.25. The molecular weight excluding hydrogens is 332 g/mol. The number of carbonyl (C=O) groups is 2. The Bertz CT molecular complexity index is 928. The summed E-state index contributed by atoms with van der Waals surface area (Å²) in [6, 6.07) is 9.02. The van der Waals surface area contributed by atoms with E-state index in [1.165, 1.54) is 6.92 Å². The number of aromatic amines is 1. The minimum Gasteiger partial charge on any atom is -0.361 e. The maximum atomic E-state index is 12.9. The summed E-state index contributed by atoms with van der Waals surface area (Å²) in [5, 5.41) is 7.73. The summed E-state index contributed by atoms with van der Waals surface area (Å²) in [4.78, 5) is 29.3. The second kappa shape index (κ2) is 7.43. The van der Waals surface area contributed by atoms with Gasteiger partial charge in [-0.25, -0.2) is 0 Å². The summed E-state index contributed by atoms with van der Waals surface area (Å²) < 4.78 is 5.04. The van der Waals surface area contributed by atoms with Crippen LogP contribution in [-0.4, -0.2) is 39.9 Å². The smallest absolute Gasteiger partial charge is 0.245 e. The summed E-state index contributed by atoms with van der Waals surface area (Å²) in [7, 11) is 1.69. The van der Waals surface area contributed by atoms with Crippen LogP contribution >= 0.6 is 0 Å². The molecule has 1 atom stereocenters.